The number of sulfonamides is 1. The van der Waals surface area contributed by atoms with Gasteiger partial charge in [-0.15, -0.1) is 0 Å². The molecule has 0 bridgehead atoms. The zero-order chi connectivity index (χ0) is 21.7. The Morgan fingerprint density at radius 3 is 1.97 bits per heavy atom. The number of amides is 1. The number of para-hydroxylation sites is 2. The van der Waals surface area contributed by atoms with E-state index < -0.39 is 10.0 Å². The lowest BCUT2D eigenvalue weighted by Gasteiger charge is -2.30. The molecule has 0 spiro atoms. The highest BCUT2D eigenvalue weighted by Gasteiger charge is 2.32. The molecule has 1 amide bonds. The molecule has 1 heterocycles. The van der Waals surface area contributed by atoms with Crippen LogP contribution < -0.4 is 10.1 Å². The first-order valence-electron chi connectivity index (χ1n) is 10.2. The van der Waals surface area contributed by atoms with Gasteiger partial charge in [0.1, 0.15) is 11.5 Å². The van der Waals surface area contributed by atoms with E-state index in [0.717, 1.165) is 5.69 Å². The van der Waals surface area contributed by atoms with Gasteiger partial charge in [-0.05, 0) is 61.4 Å². The molecule has 31 heavy (non-hydrogen) atoms. The van der Waals surface area contributed by atoms with Gasteiger partial charge in [0.25, 0.3) is 0 Å². The predicted octanol–water partition coefficient (Wildman–Crippen LogP) is 4.52. The third-order valence-electron chi connectivity index (χ3n) is 5.31. The van der Waals surface area contributed by atoms with Gasteiger partial charge in [-0.25, -0.2) is 8.42 Å². The fourth-order valence-electron chi connectivity index (χ4n) is 3.58. The van der Waals surface area contributed by atoms with Gasteiger partial charge < -0.3 is 10.1 Å². The molecule has 0 aromatic heterocycles. The molecule has 0 radical (unpaired) electrons. The van der Waals surface area contributed by atoms with Crippen LogP contribution >= 0.6 is 0 Å². The lowest BCUT2D eigenvalue weighted by atomic mass is 9.97. The Kier molecular flexibility index (Phi) is 6.34. The number of nitrogens with zero attached hydrogens (tertiary/aromatic N) is 1. The Morgan fingerprint density at radius 2 is 1.35 bits per heavy atom. The Bertz CT molecular complexity index is 1110. The van der Waals surface area contributed by atoms with Crippen molar-refractivity contribution in [1.82, 2.24) is 4.31 Å². The predicted molar refractivity (Wildman–Crippen MR) is 120 cm³/mol. The first-order chi connectivity index (χ1) is 15.0. The minimum Gasteiger partial charge on any atom is -0.457 e. The van der Waals surface area contributed by atoms with Crippen LogP contribution in [0.1, 0.15) is 12.8 Å². The van der Waals surface area contributed by atoms with Crippen LogP contribution in [0.2, 0.25) is 0 Å². The molecule has 3 aromatic carbocycles. The minimum atomic E-state index is -3.61. The summed E-state index contributed by atoms with van der Waals surface area (Å²) < 4.78 is 33.2. The number of piperidine rings is 1. The Balaban J connectivity index is 1.36. The number of hydrogen-bond acceptors (Lipinski definition) is 4. The summed E-state index contributed by atoms with van der Waals surface area (Å²) in [5.74, 6) is 0.995. The van der Waals surface area contributed by atoms with E-state index in [4.69, 9.17) is 4.74 Å². The van der Waals surface area contributed by atoms with Crippen molar-refractivity contribution < 1.29 is 17.9 Å². The normalized spacial score (nSPS) is 15.4. The monoisotopic (exact) mass is 436 g/mol. The molecule has 0 saturated carbocycles. The first kappa shape index (κ1) is 21.1. The summed E-state index contributed by atoms with van der Waals surface area (Å²) in [6, 6.07) is 25.0. The van der Waals surface area contributed by atoms with Crippen LogP contribution in [-0.2, 0) is 14.8 Å². The highest BCUT2D eigenvalue weighted by molar-refractivity contribution is 7.89. The minimum absolute atomic E-state index is 0.0642. The average molecular weight is 437 g/mol. The van der Waals surface area contributed by atoms with Gasteiger partial charge in [0.05, 0.1) is 4.90 Å². The number of ether oxygens (including phenoxy) is 1. The Hall–Kier alpha value is -3.16. The lowest BCUT2D eigenvalue weighted by molar-refractivity contribution is -0.120. The molecule has 1 fully saturated rings. The summed E-state index contributed by atoms with van der Waals surface area (Å²) in [7, 11) is -3.61. The van der Waals surface area contributed by atoms with Crippen LogP contribution in [0.4, 0.5) is 5.69 Å². The van der Waals surface area contributed by atoms with Crippen LogP contribution in [0.15, 0.2) is 89.8 Å². The van der Waals surface area contributed by atoms with Gasteiger partial charge in [-0.3, -0.25) is 4.79 Å². The molecular formula is C24H24N2O4S. The molecule has 0 aliphatic carbocycles. The van der Waals surface area contributed by atoms with Crippen molar-refractivity contribution in [1.29, 1.82) is 0 Å². The van der Waals surface area contributed by atoms with E-state index in [1.54, 1.807) is 24.3 Å². The summed E-state index contributed by atoms with van der Waals surface area (Å²) in [5, 5.41) is 2.90. The van der Waals surface area contributed by atoms with Crippen molar-refractivity contribution in [2.24, 2.45) is 5.92 Å². The number of carbonyl (C=O) groups is 1. The second-order valence-electron chi connectivity index (χ2n) is 7.42. The molecule has 0 atom stereocenters. The van der Waals surface area contributed by atoms with E-state index in [1.807, 2.05) is 60.7 Å². The van der Waals surface area contributed by atoms with Crippen molar-refractivity contribution in [3.63, 3.8) is 0 Å². The van der Waals surface area contributed by atoms with Crippen molar-refractivity contribution in [2.45, 2.75) is 17.7 Å². The van der Waals surface area contributed by atoms with Gasteiger partial charge in [-0.1, -0.05) is 36.4 Å². The second-order valence-corrected chi connectivity index (χ2v) is 9.36. The average Bonchev–Trinajstić information content (AvgIpc) is 2.81. The van der Waals surface area contributed by atoms with Gasteiger partial charge in [0.15, 0.2) is 0 Å². The molecule has 1 aliphatic heterocycles. The quantitative estimate of drug-likeness (QED) is 0.617. The molecule has 4 rings (SSSR count). The number of rotatable bonds is 6. The van der Waals surface area contributed by atoms with Crippen molar-refractivity contribution in [2.75, 3.05) is 18.4 Å². The van der Waals surface area contributed by atoms with E-state index >= 15 is 0 Å². The third-order valence-corrected chi connectivity index (χ3v) is 7.22. The molecule has 1 aliphatic rings. The van der Waals surface area contributed by atoms with Crippen LogP contribution in [-0.4, -0.2) is 31.7 Å². The summed E-state index contributed by atoms with van der Waals surface area (Å²) in [6.07, 6.45) is 0.986. The maximum atomic E-state index is 13.0. The van der Waals surface area contributed by atoms with Crippen molar-refractivity contribution in [3.05, 3.63) is 84.9 Å². The van der Waals surface area contributed by atoms with Crippen LogP contribution in [0.25, 0.3) is 0 Å². The van der Waals surface area contributed by atoms with E-state index in [9.17, 15) is 13.2 Å². The van der Waals surface area contributed by atoms with E-state index in [2.05, 4.69) is 5.32 Å². The van der Waals surface area contributed by atoms with E-state index in [0.29, 0.717) is 37.4 Å². The Morgan fingerprint density at radius 1 is 0.806 bits per heavy atom. The van der Waals surface area contributed by atoms with Gasteiger partial charge >= 0.3 is 0 Å². The molecule has 7 heteroatoms. The van der Waals surface area contributed by atoms with Crippen LogP contribution in [0, 0.1) is 5.92 Å². The zero-order valence-electron chi connectivity index (χ0n) is 17.0. The van der Waals surface area contributed by atoms with E-state index in [1.165, 1.54) is 4.31 Å². The summed E-state index contributed by atoms with van der Waals surface area (Å²) in [4.78, 5) is 12.7. The molecule has 160 valence electrons. The largest absolute Gasteiger partial charge is 0.457 e. The van der Waals surface area contributed by atoms with Gasteiger partial charge in [0.2, 0.25) is 15.9 Å². The summed E-state index contributed by atoms with van der Waals surface area (Å²) in [5.41, 5.74) is 0.750. The number of hydrogen-bond donors (Lipinski definition) is 1. The highest BCUT2D eigenvalue weighted by Crippen LogP contribution is 2.27. The molecule has 1 saturated heterocycles. The molecule has 6 nitrogen and oxygen atoms in total. The third kappa shape index (κ3) is 5.13. The van der Waals surface area contributed by atoms with Crippen LogP contribution in [0.3, 0.4) is 0 Å². The molecular weight excluding hydrogens is 412 g/mol. The lowest BCUT2D eigenvalue weighted by Crippen LogP contribution is -2.41. The number of benzene rings is 3. The summed E-state index contributed by atoms with van der Waals surface area (Å²) in [6.45, 7) is 0.634. The molecule has 0 unspecified atom stereocenters. The maximum Gasteiger partial charge on any atom is 0.243 e. The summed E-state index contributed by atoms with van der Waals surface area (Å²) >= 11 is 0. The maximum absolute atomic E-state index is 13.0. The zero-order valence-corrected chi connectivity index (χ0v) is 17.8. The first-order valence-corrected chi connectivity index (χ1v) is 11.7. The fraction of sp³-hybridized carbons (Fsp3) is 0.208. The Labute approximate surface area is 182 Å². The molecule has 3 aromatic rings. The fourth-order valence-corrected chi connectivity index (χ4v) is 5.05. The molecule has 1 N–H and O–H groups in total. The van der Waals surface area contributed by atoms with E-state index in [-0.39, 0.29) is 16.7 Å². The topological polar surface area (TPSA) is 75.7 Å². The number of nitrogens with one attached hydrogen (secondary N) is 1. The second kappa shape index (κ2) is 9.32. The van der Waals surface area contributed by atoms with Gasteiger partial charge in [0, 0.05) is 24.7 Å². The van der Waals surface area contributed by atoms with Crippen molar-refractivity contribution >= 4 is 21.6 Å². The van der Waals surface area contributed by atoms with Gasteiger partial charge in [-0.2, -0.15) is 4.31 Å². The highest BCUT2D eigenvalue weighted by atomic mass is 32.2. The number of carbonyl (C=O) groups excluding carboxylic acids is 1. The smallest absolute Gasteiger partial charge is 0.243 e. The van der Waals surface area contributed by atoms with Crippen molar-refractivity contribution in [3.8, 4) is 11.5 Å². The van der Waals surface area contributed by atoms with Crippen LogP contribution in [0.5, 0.6) is 11.5 Å². The standard InChI is InChI=1S/C24H24N2O4S/c27-24(25-20-7-3-1-4-8-20)19-15-17-26(18-16-19)31(28,29)23-13-11-22(12-14-23)30-21-9-5-2-6-10-21/h1-14,19H,15-18H2,(H,25,27). The SMILES string of the molecule is O=C(Nc1ccccc1)C1CCN(S(=O)(=O)c2ccc(Oc3ccccc3)cc2)CC1. The number of anilines is 1.